The van der Waals surface area contributed by atoms with Crippen LogP contribution in [0.3, 0.4) is 0 Å². The van der Waals surface area contributed by atoms with Gasteiger partial charge >= 0.3 is 0 Å². The Bertz CT molecular complexity index is 665. The van der Waals surface area contributed by atoms with Crippen molar-refractivity contribution in [2.75, 3.05) is 19.7 Å². The minimum Gasteiger partial charge on any atom is -0.370 e. The lowest BCUT2D eigenvalue weighted by Gasteiger charge is -2.33. The van der Waals surface area contributed by atoms with Gasteiger partial charge in [-0.15, -0.1) is 5.10 Å². The third kappa shape index (κ3) is 3.59. The van der Waals surface area contributed by atoms with Crippen LogP contribution >= 0.6 is 0 Å². The first-order valence-corrected chi connectivity index (χ1v) is 7.99. The Morgan fingerprint density at radius 1 is 1.35 bits per heavy atom. The molecule has 0 aliphatic carbocycles. The van der Waals surface area contributed by atoms with Crippen LogP contribution in [0.25, 0.3) is 0 Å². The van der Waals surface area contributed by atoms with Crippen LogP contribution in [0, 0.1) is 0 Å². The topological polar surface area (TPSA) is 60.2 Å². The van der Waals surface area contributed by atoms with E-state index in [1.165, 1.54) is 5.56 Å². The van der Waals surface area contributed by atoms with Crippen LogP contribution < -0.4 is 0 Å². The van der Waals surface area contributed by atoms with Crippen LogP contribution in [0.1, 0.15) is 29.8 Å². The quantitative estimate of drug-likeness (QED) is 0.858. The van der Waals surface area contributed by atoms with E-state index in [0.29, 0.717) is 26.1 Å². The Morgan fingerprint density at radius 3 is 2.78 bits per heavy atom. The fraction of sp³-hybridized carbons (Fsp3) is 0.471. The summed E-state index contributed by atoms with van der Waals surface area (Å²) in [6.45, 7) is 3.93. The molecule has 1 aliphatic heterocycles. The molecule has 1 aromatic carbocycles. The zero-order chi connectivity index (χ0) is 16.2. The number of morpholine rings is 1. The minimum atomic E-state index is -0.0525. The molecule has 0 radical (unpaired) electrons. The Hall–Kier alpha value is -2.21. The van der Waals surface area contributed by atoms with E-state index in [1.54, 1.807) is 17.9 Å². The molecule has 0 spiro atoms. The van der Waals surface area contributed by atoms with E-state index in [0.717, 1.165) is 17.7 Å². The van der Waals surface area contributed by atoms with E-state index in [2.05, 4.69) is 41.5 Å². The summed E-state index contributed by atoms with van der Waals surface area (Å²) in [5, 5.41) is 7.68. The Balaban J connectivity index is 1.65. The molecule has 6 heteroatoms. The fourth-order valence-corrected chi connectivity index (χ4v) is 2.78. The Labute approximate surface area is 136 Å². The smallest absolute Gasteiger partial charge is 0.228 e. The number of carbonyl (C=O) groups is 1. The van der Waals surface area contributed by atoms with Gasteiger partial charge in [0.1, 0.15) is 6.10 Å². The van der Waals surface area contributed by atoms with E-state index < -0.39 is 0 Å². The number of rotatable bonds is 4. The van der Waals surface area contributed by atoms with Crippen LogP contribution in [0.15, 0.2) is 30.5 Å². The molecule has 3 rings (SSSR count). The largest absolute Gasteiger partial charge is 0.370 e. The van der Waals surface area contributed by atoms with Crippen molar-refractivity contribution in [2.24, 2.45) is 7.05 Å². The third-order valence-corrected chi connectivity index (χ3v) is 4.32. The van der Waals surface area contributed by atoms with Crippen LogP contribution in [-0.2, 0) is 29.4 Å². The van der Waals surface area contributed by atoms with Gasteiger partial charge in [0.15, 0.2) is 0 Å². The van der Waals surface area contributed by atoms with Crippen molar-refractivity contribution >= 4 is 5.91 Å². The predicted molar refractivity (Wildman–Crippen MR) is 85.8 cm³/mol. The van der Waals surface area contributed by atoms with Gasteiger partial charge < -0.3 is 9.64 Å². The van der Waals surface area contributed by atoms with Crippen molar-refractivity contribution in [3.63, 3.8) is 0 Å². The SMILES string of the molecule is CCc1ccc(C2CN(C(=O)Cc3cnnn3C)CCO2)cc1. The molecule has 0 bridgehead atoms. The molecule has 1 aromatic heterocycles. The van der Waals surface area contributed by atoms with Crippen LogP contribution in [0.4, 0.5) is 0 Å². The standard InChI is InChI=1S/C17H22N4O2/c1-3-13-4-6-14(7-5-13)16-12-21(8-9-23-16)17(22)10-15-11-18-19-20(15)2/h4-7,11,16H,3,8-10,12H2,1-2H3. The number of amides is 1. The predicted octanol–water partition coefficient (Wildman–Crippen LogP) is 1.52. The molecule has 6 nitrogen and oxygen atoms in total. The maximum absolute atomic E-state index is 12.5. The van der Waals surface area contributed by atoms with Gasteiger partial charge in [0.05, 0.1) is 31.5 Å². The molecule has 122 valence electrons. The molecule has 0 saturated carbocycles. The number of carbonyl (C=O) groups excluding carboxylic acids is 1. The lowest BCUT2D eigenvalue weighted by Crippen LogP contribution is -2.43. The number of ether oxygens (including phenoxy) is 1. The van der Waals surface area contributed by atoms with Crippen molar-refractivity contribution < 1.29 is 9.53 Å². The van der Waals surface area contributed by atoms with Gasteiger partial charge in [-0.1, -0.05) is 36.4 Å². The zero-order valence-electron chi connectivity index (χ0n) is 13.6. The highest BCUT2D eigenvalue weighted by Gasteiger charge is 2.25. The van der Waals surface area contributed by atoms with E-state index in [4.69, 9.17) is 4.74 Å². The summed E-state index contributed by atoms with van der Waals surface area (Å²) < 4.78 is 7.49. The van der Waals surface area contributed by atoms with Gasteiger partial charge in [-0.25, -0.2) is 0 Å². The Morgan fingerprint density at radius 2 is 2.13 bits per heavy atom. The van der Waals surface area contributed by atoms with Crippen molar-refractivity contribution in [1.82, 2.24) is 19.9 Å². The summed E-state index contributed by atoms with van der Waals surface area (Å²) in [5.74, 6) is 0.0916. The molecule has 1 aliphatic rings. The summed E-state index contributed by atoms with van der Waals surface area (Å²) >= 11 is 0. The van der Waals surface area contributed by atoms with Crippen LogP contribution in [-0.4, -0.2) is 45.5 Å². The highest BCUT2D eigenvalue weighted by Crippen LogP contribution is 2.23. The highest BCUT2D eigenvalue weighted by atomic mass is 16.5. The number of aromatic nitrogens is 3. The van der Waals surface area contributed by atoms with Crippen molar-refractivity contribution in [3.8, 4) is 0 Å². The normalized spacial score (nSPS) is 18.2. The number of nitrogens with zero attached hydrogens (tertiary/aromatic N) is 4. The molecular weight excluding hydrogens is 292 g/mol. The third-order valence-electron chi connectivity index (χ3n) is 4.32. The summed E-state index contributed by atoms with van der Waals surface area (Å²) in [6, 6.07) is 8.45. The fourth-order valence-electron chi connectivity index (χ4n) is 2.78. The summed E-state index contributed by atoms with van der Waals surface area (Å²) in [6.07, 6.45) is 2.93. The lowest BCUT2D eigenvalue weighted by atomic mass is 10.0. The summed E-state index contributed by atoms with van der Waals surface area (Å²) in [5.41, 5.74) is 3.26. The van der Waals surface area contributed by atoms with E-state index in [-0.39, 0.29) is 12.0 Å². The molecule has 1 amide bonds. The monoisotopic (exact) mass is 314 g/mol. The molecular formula is C17H22N4O2. The number of aryl methyl sites for hydroxylation is 2. The van der Waals surface area contributed by atoms with Crippen molar-refractivity contribution in [2.45, 2.75) is 25.9 Å². The first-order valence-electron chi connectivity index (χ1n) is 7.99. The molecule has 2 heterocycles. The maximum atomic E-state index is 12.5. The van der Waals surface area contributed by atoms with Gasteiger partial charge in [0.2, 0.25) is 5.91 Å². The van der Waals surface area contributed by atoms with Crippen LogP contribution in [0.2, 0.25) is 0 Å². The molecule has 1 atom stereocenters. The van der Waals surface area contributed by atoms with Crippen molar-refractivity contribution in [3.05, 3.63) is 47.3 Å². The molecule has 2 aromatic rings. The Kier molecular flexibility index (Phi) is 4.71. The molecule has 1 saturated heterocycles. The van der Waals surface area contributed by atoms with E-state index in [1.807, 2.05) is 4.90 Å². The van der Waals surface area contributed by atoms with Gasteiger partial charge in [-0.2, -0.15) is 0 Å². The number of hydrogen-bond donors (Lipinski definition) is 0. The van der Waals surface area contributed by atoms with Gasteiger partial charge in [0, 0.05) is 13.6 Å². The van der Waals surface area contributed by atoms with Crippen molar-refractivity contribution in [1.29, 1.82) is 0 Å². The van der Waals surface area contributed by atoms with Gasteiger partial charge in [-0.3, -0.25) is 9.48 Å². The molecule has 23 heavy (non-hydrogen) atoms. The minimum absolute atomic E-state index is 0.0525. The molecule has 1 fully saturated rings. The second kappa shape index (κ2) is 6.91. The summed E-state index contributed by atoms with van der Waals surface area (Å²) in [7, 11) is 1.80. The average Bonchev–Trinajstić information content (AvgIpc) is 3.00. The second-order valence-electron chi connectivity index (χ2n) is 5.82. The second-order valence-corrected chi connectivity index (χ2v) is 5.82. The first-order chi connectivity index (χ1) is 11.2. The average molecular weight is 314 g/mol. The number of hydrogen-bond acceptors (Lipinski definition) is 4. The van der Waals surface area contributed by atoms with Crippen LogP contribution in [0.5, 0.6) is 0 Å². The first kappa shape index (κ1) is 15.7. The van der Waals surface area contributed by atoms with Gasteiger partial charge in [-0.05, 0) is 17.5 Å². The van der Waals surface area contributed by atoms with E-state index in [9.17, 15) is 4.79 Å². The zero-order valence-corrected chi connectivity index (χ0v) is 13.6. The molecule has 1 unspecified atom stereocenters. The summed E-state index contributed by atoms with van der Waals surface area (Å²) in [4.78, 5) is 14.4. The molecule has 0 N–H and O–H groups in total. The highest BCUT2D eigenvalue weighted by molar-refractivity contribution is 5.78. The van der Waals surface area contributed by atoms with Gasteiger partial charge in [0.25, 0.3) is 0 Å². The van der Waals surface area contributed by atoms with E-state index >= 15 is 0 Å². The maximum Gasteiger partial charge on any atom is 0.228 e. The number of benzene rings is 1. The lowest BCUT2D eigenvalue weighted by molar-refractivity contribution is -0.138.